The Bertz CT molecular complexity index is 1230. The van der Waals surface area contributed by atoms with Gasteiger partial charge in [0, 0.05) is 36.9 Å². The predicted molar refractivity (Wildman–Crippen MR) is 200 cm³/mol. The van der Waals surface area contributed by atoms with E-state index in [9.17, 15) is 19.5 Å². The molecule has 282 valence electrons. The lowest BCUT2D eigenvalue weighted by Crippen LogP contribution is -2.50. The second-order valence-electron chi connectivity index (χ2n) is 17.3. The first-order chi connectivity index (χ1) is 24.1. The summed E-state index contributed by atoms with van der Waals surface area (Å²) in [5, 5.41) is 22.7. The largest absolute Gasteiger partial charge is 0.393 e. The fourth-order valence-corrected chi connectivity index (χ4v) is 13.2. The van der Waals surface area contributed by atoms with Crippen molar-refractivity contribution >= 4 is 29.6 Å². The van der Waals surface area contributed by atoms with Gasteiger partial charge >= 0.3 is 6.03 Å². The molecule has 5 fully saturated rings. The zero-order chi connectivity index (χ0) is 35.3. The number of fused-ring (bicyclic) bond motifs is 6. The van der Waals surface area contributed by atoms with Crippen LogP contribution in [0.5, 0.6) is 0 Å². The van der Waals surface area contributed by atoms with E-state index in [1.807, 2.05) is 11.8 Å². The van der Waals surface area contributed by atoms with Crippen molar-refractivity contribution in [2.45, 2.75) is 147 Å². The molecule has 0 radical (unpaired) electrons. The Kier molecular flexibility index (Phi) is 12.8. The second kappa shape index (κ2) is 16.9. The molecule has 6 rings (SSSR count). The van der Waals surface area contributed by atoms with Gasteiger partial charge in [0.25, 0.3) is 0 Å². The maximum absolute atomic E-state index is 12.5. The van der Waals surface area contributed by atoms with Gasteiger partial charge in [-0.25, -0.2) is 4.79 Å². The van der Waals surface area contributed by atoms with E-state index in [0.29, 0.717) is 61.1 Å². The third kappa shape index (κ3) is 8.54. The van der Waals surface area contributed by atoms with Gasteiger partial charge in [0.15, 0.2) is 0 Å². The summed E-state index contributed by atoms with van der Waals surface area (Å²) in [7, 11) is 0. The van der Waals surface area contributed by atoms with E-state index >= 15 is 0 Å². The van der Waals surface area contributed by atoms with Gasteiger partial charge in [-0.15, -0.1) is 0 Å². The third-order valence-corrected chi connectivity index (χ3v) is 15.9. The Morgan fingerprint density at radius 1 is 0.980 bits per heavy atom. The quantitative estimate of drug-likeness (QED) is 0.0705. The van der Waals surface area contributed by atoms with Gasteiger partial charge < -0.3 is 31.1 Å². The summed E-state index contributed by atoms with van der Waals surface area (Å²) in [5.74, 6) is 5.06. The number of urea groups is 1. The molecule has 11 atom stereocenters. The predicted octanol–water partition coefficient (Wildman–Crippen LogP) is 6.10. The van der Waals surface area contributed by atoms with Crippen molar-refractivity contribution in [1.82, 2.24) is 21.3 Å². The Hall–Kier alpha value is -1.78. The van der Waals surface area contributed by atoms with Gasteiger partial charge in [-0.3, -0.25) is 9.59 Å². The minimum Gasteiger partial charge on any atom is -0.393 e. The zero-order valence-electron chi connectivity index (χ0n) is 31.1. The molecule has 4 aliphatic carbocycles. The molecule has 9 nitrogen and oxygen atoms in total. The van der Waals surface area contributed by atoms with E-state index in [0.717, 1.165) is 80.8 Å². The highest BCUT2D eigenvalue weighted by molar-refractivity contribution is 8.00. The number of carbonyl (C=O) groups excluding carboxylic acids is 3. The number of rotatable bonds is 17. The van der Waals surface area contributed by atoms with Gasteiger partial charge in [-0.1, -0.05) is 51.7 Å². The minimum absolute atomic E-state index is 0.0503. The second-order valence-corrected chi connectivity index (χ2v) is 18.6. The molecule has 50 heavy (non-hydrogen) atoms. The molecule has 2 aliphatic heterocycles. The smallest absolute Gasteiger partial charge is 0.315 e. The molecule has 0 spiro atoms. The fraction of sp³-hybridized carbons (Fsp3) is 0.875. The molecule has 2 heterocycles. The number of hydrogen-bond acceptors (Lipinski definition) is 6. The Morgan fingerprint density at radius 2 is 1.72 bits per heavy atom. The first-order valence-corrected chi connectivity index (χ1v) is 21.3. The lowest BCUT2D eigenvalue weighted by atomic mass is 9.47. The molecule has 2 unspecified atom stereocenters. The van der Waals surface area contributed by atoms with Crippen molar-refractivity contribution in [2.75, 3.05) is 32.1 Å². The Labute approximate surface area is 305 Å². The van der Waals surface area contributed by atoms with Crippen molar-refractivity contribution in [3.05, 3.63) is 11.6 Å². The molecule has 5 N–H and O–H groups in total. The average Bonchev–Trinajstić information content (AvgIpc) is 3.76. The number of amides is 4. The van der Waals surface area contributed by atoms with Crippen LogP contribution in [0.25, 0.3) is 0 Å². The number of hydrogen-bond donors (Lipinski definition) is 5. The number of aliphatic hydroxyl groups is 1. The maximum atomic E-state index is 12.5. The van der Waals surface area contributed by atoms with Crippen molar-refractivity contribution in [3.8, 4) is 0 Å². The summed E-state index contributed by atoms with van der Waals surface area (Å²) in [6.07, 6.45) is 19.3. The summed E-state index contributed by atoms with van der Waals surface area (Å²) >= 11 is 1.91. The standard InChI is InChI=1S/C40H66N4O5S/c1-26(30-14-15-31-29-13-12-27-24-28(45)16-18-39(27,2)32(29)17-19-40(30,31)3)8-4-6-10-35(46)41-20-22-49-23-21-42-36(47)11-7-5-9-34-37-33(25-50-34)43-38(48)44-37/h12,26,28-34,37,45H,4-11,13-25H2,1-3H3,(H,41,46)(H,42,47)(H2,43,44,48)/t26?,28-,29?,30+,31-,32-,33-,34-,37-,39-,40+/m0/s1. The average molecular weight is 715 g/mol. The number of ether oxygens (including phenoxy) is 1. The molecule has 2 saturated heterocycles. The highest BCUT2D eigenvalue weighted by atomic mass is 32.2. The van der Waals surface area contributed by atoms with Crippen molar-refractivity contribution in [1.29, 1.82) is 0 Å². The number of carbonyl (C=O) groups is 3. The topological polar surface area (TPSA) is 129 Å². The summed E-state index contributed by atoms with van der Waals surface area (Å²) < 4.78 is 5.63. The highest BCUT2D eigenvalue weighted by Crippen LogP contribution is 2.67. The minimum atomic E-state index is -0.131. The molecule has 3 saturated carbocycles. The van der Waals surface area contributed by atoms with Crippen molar-refractivity contribution in [2.24, 2.45) is 40.4 Å². The Morgan fingerprint density at radius 3 is 2.48 bits per heavy atom. The van der Waals surface area contributed by atoms with Crippen LogP contribution >= 0.6 is 11.8 Å². The first kappa shape index (κ1) is 38.0. The van der Waals surface area contributed by atoms with Crippen molar-refractivity contribution in [3.63, 3.8) is 0 Å². The maximum Gasteiger partial charge on any atom is 0.315 e. The van der Waals surface area contributed by atoms with E-state index < -0.39 is 0 Å². The van der Waals surface area contributed by atoms with Crippen LogP contribution in [-0.2, 0) is 14.3 Å². The Balaban J connectivity index is 0.776. The van der Waals surface area contributed by atoms with Crippen LogP contribution in [0.15, 0.2) is 11.6 Å². The molecule has 0 bridgehead atoms. The third-order valence-electron chi connectivity index (χ3n) is 14.4. The van der Waals surface area contributed by atoms with Crippen molar-refractivity contribution < 1.29 is 24.2 Å². The van der Waals surface area contributed by atoms with Crippen LogP contribution in [0.3, 0.4) is 0 Å². The number of unbranched alkanes of at least 4 members (excludes halogenated alkanes) is 2. The van der Waals surface area contributed by atoms with E-state index in [-0.39, 0.29) is 36.0 Å². The molecular weight excluding hydrogens is 649 g/mol. The molecule has 10 heteroatoms. The zero-order valence-corrected chi connectivity index (χ0v) is 31.9. The number of allylic oxidation sites excluding steroid dienone is 1. The number of thioether (sulfide) groups is 1. The molecule has 6 aliphatic rings. The molecule has 0 aromatic rings. The number of nitrogens with one attached hydrogen (secondary N) is 4. The molecule has 0 aromatic carbocycles. The van der Waals surface area contributed by atoms with Crippen LogP contribution in [-0.4, -0.2) is 78.4 Å². The molecular formula is C40H66N4O5S. The van der Waals surface area contributed by atoms with E-state index in [2.05, 4.69) is 48.1 Å². The van der Waals surface area contributed by atoms with Gasteiger partial charge in [0.1, 0.15) is 0 Å². The summed E-state index contributed by atoms with van der Waals surface area (Å²) in [5.41, 5.74) is 2.33. The van der Waals surface area contributed by atoms with Crippen LogP contribution < -0.4 is 21.3 Å². The van der Waals surface area contributed by atoms with Gasteiger partial charge in [-0.05, 0) is 111 Å². The van der Waals surface area contributed by atoms with E-state index in [4.69, 9.17) is 4.74 Å². The lowest BCUT2D eigenvalue weighted by Gasteiger charge is -2.58. The van der Waals surface area contributed by atoms with Gasteiger partial charge in [-0.2, -0.15) is 11.8 Å². The van der Waals surface area contributed by atoms with Crippen LogP contribution in [0.1, 0.15) is 124 Å². The summed E-state index contributed by atoms with van der Waals surface area (Å²) in [6.45, 7) is 9.51. The monoisotopic (exact) mass is 714 g/mol. The van der Waals surface area contributed by atoms with Gasteiger partial charge in [0.2, 0.25) is 11.8 Å². The van der Waals surface area contributed by atoms with Crippen LogP contribution in [0.4, 0.5) is 4.79 Å². The lowest BCUT2D eigenvalue weighted by molar-refractivity contribution is -0.121. The molecule has 0 aromatic heterocycles. The summed E-state index contributed by atoms with van der Waals surface area (Å²) in [6, 6.07) is 0.421. The fourth-order valence-electron chi connectivity index (χ4n) is 11.6. The molecule has 4 amide bonds. The first-order valence-electron chi connectivity index (χ1n) is 20.3. The van der Waals surface area contributed by atoms with Gasteiger partial charge in [0.05, 0.1) is 31.4 Å². The SMILES string of the molecule is CC(CCCCC(=O)NCCOCCNC(=O)CCCC[C@@H]1SC[C@@H]2NC(=O)N[C@@H]21)[C@H]1CC[C@H]2C3CC=C4C[C@@H](O)CC[C@]4(C)[C@H]3CC[C@]12C. The van der Waals surface area contributed by atoms with Crippen LogP contribution in [0, 0.1) is 40.4 Å². The van der Waals surface area contributed by atoms with E-state index in [1.54, 1.807) is 5.57 Å². The highest BCUT2D eigenvalue weighted by Gasteiger charge is 2.59. The summed E-state index contributed by atoms with van der Waals surface area (Å²) in [4.78, 5) is 36.1. The van der Waals surface area contributed by atoms with Crippen LogP contribution in [0.2, 0.25) is 0 Å². The number of aliphatic hydroxyl groups excluding tert-OH is 1. The normalized spacial score (nSPS) is 37.8. The van der Waals surface area contributed by atoms with E-state index in [1.165, 1.54) is 38.5 Å².